The summed E-state index contributed by atoms with van der Waals surface area (Å²) in [7, 11) is 0. The third kappa shape index (κ3) is 2.95. The number of carbonyl (C=O) groups is 2. The Morgan fingerprint density at radius 3 is 2.58 bits per heavy atom. The summed E-state index contributed by atoms with van der Waals surface area (Å²) in [5, 5.41) is 2.51. The summed E-state index contributed by atoms with van der Waals surface area (Å²) >= 11 is 0. The summed E-state index contributed by atoms with van der Waals surface area (Å²) in [4.78, 5) is 37.1. The van der Waals surface area contributed by atoms with Gasteiger partial charge in [-0.3, -0.25) is 9.59 Å². The van der Waals surface area contributed by atoms with Crippen molar-refractivity contribution in [2.45, 2.75) is 6.04 Å². The molecule has 0 aliphatic carbocycles. The fraction of sp³-hybridized carbons (Fsp3) is 0.0714. The van der Waals surface area contributed by atoms with Crippen molar-refractivity contribution in [3.8, 4) is 0 Å². The molecule has 0 fully saturated rings. The highest BCUT2D eigenvalue weighted by Crippen LogP contribution is 2.10. The summed E-state index contributed by atoms with van der Waals surface area (Å²) < 4.78 is 0. The molecule has 1 aromatic heterocycles. The van der Waals surface area contributed by atoms with E-state index in [1.54, 1.807) is 24.3 Å². The van der Waals surface area contributed by atoms with Crippen LogP contribution in [-0.2, 0) is 4.79 Å². The molecule has 0 radical (unpaired) electrons. The van der Waals surface area contributed by atoms with Crippen LogP contribution in [-0.4, -0.2) is 17.2 Å². The number of rotatable bonds is 4. The average Bonchev–Trinajstić information content (AvgIpc) is 2.46. The van der Waals surface area contributed by atoms with Gasteiger partial charge in [0.1, 0.15) is 17.9 Å². The smallest absolute Gasteiger partial charge is 0.257 e. The Kier molecular flexibility index (Phi) is 3.87. The first-order valence-corrected chi connectivity index (χ1v) is 5.70. The Balaban J connectivity index is 2.20. The Hall–Kier alpha value is -2.69. The van der Waals surface area contributed by atoms with Crippen LogP contribution in [0.2, 0.25) is 0 Å². The molecule has 0 saturated carbocycles. The molecule has 1 aromatic carbocycles. The number of amides is 1. The highest BCUT2D eigenvalue weighted by atomic mass is 16.2. The molecular formula is C14H12N2O3. The molecule has 2 aromatic rings. The Morgan fingerprint density at radius 2 is 1.95 bits per heavy atom. The minimum atomic E-state index is -0.770. The van der Waals surface area contributed by atoms with E-state index in [0.717, 1.165) is 0 Å². The fourth-order valence-electron chi connectivity index (χ4n) is 1.67. The molecule has 5 heteroatoms. The molecule has 5 nitrogen and oxygen atoms in total. The predicted molar refractivity (Wildman–Crippen MR) is 69.8 cm³/mol. The molecule has 1 atom stereocenters. The summed E-state index contributed by atoms with van der Waals surface area (Å²) in [5.74, 6) is -0.581. The lowest BCUT2D eigenvalue weighted by molar-refractivity contribution is -0.109. The zero-order valence-corrected chi connectivity index (χ0v) is 10.00. The molecule has 0 bridgehead atoms. The van der Waals surface area contributed by atoms with Crippen LogP contribution in [0.25, 0.3) is 0 Å². The number of pyridine rings is 1. The second-order valence-electron chi connectivity index (χ2n) is 3.92. The number of hydrogen-bond donors (Lipinski definition) is 2. The minimum Gasteiger partial charge on any atom is -0.367 e. The number of aromatic nitrogens is 1. The Morgan fingerprint density at radius 1 is 1.21 bits per heavy atom. The number of benzene rings is 1. The van der Waals surface area contributed by atoms with Gasteiger partial charge in [0.05, 0.1) is 0 Å². The van der Waals surface area contributed by atoms with Crippen LogP contribution in [0, 0.1) is 0 Å². The predicted octanol–water partition coefficient (Wildman–Crippen LogP) is 1.04. The maximum absolute atomic E-state index is 11.9. The van der Waals surface area contributed by atoms with Crippen LogP contribution in [0.15, 0.2) is 53.6 Å². The number of aldehydes is 1. The van der Waals surface area contributed by atoms with Crippen LogP contribution >= 0.6 is 0 Å². The first kappa shape index (κ1) is 12.8. The molecule has 0 spiro atoms. The van der Waals surface area contributed by atoms with E-state index in [1.165, 1.54) is 18.5 Å². The maximum Gasteiger partial charge on any atom is 0.257 e. The normalized spacial score (nSPS) is 11.6. The van der Waals surface area contributed by atoms with Crippen molar-refractivity contribution >= 4 is 12.2 Å². The van der Waals surface area contributed by atoms with Crippen molar-refractivity contribution in [2.75, 3.05) is 0 Å². The Labute approximate surface area is 109 Å². The lowest BCUT2D eigenvalue weighted by Crippen LogP contribution is -2.32. The van der Waals surface area contributed by atoms with Crippen molar-refractivity contribution < 1.29 is 9.59 Å². The summed E-state index contributed by atoms with van der Waals surface area (Å²) in [6.07, 6.45) is 3.38. The van der Waals surface area contributed by atoms with E-state index in [1.807, 2.05) is 6.07 Å². The van der Waals surface area contributed by atoms with E-state index in [2.05, 4.69) is 10.3 Å². The molecule has 96 valence electrons. The van der Waals surface area contributed by atoms with Crippen LogP contribution in [0.1, 0.15) is 22.0 Å². The molecule has 0 saturated heterocycles. The summed E-state index contributed by atoms with van der Waals surface area (Å²) in [6.45, 7) is 0. The number of aromatic amines is 1. The van der Waals surface area contributed by atoms with Crippen LogP contribution < -0.4 is 10.7 Å². The number of carbonyl (C=O) groups excluding carboxylic acids is 2. The number of H-pyrrole nitrogens is 1. The molecule has 2 N–H and O–H groups in total. The number of nitrogens with one attached hydrogen (secondary N) is 2. The van der Waals surface area contributed by atoms with Gasteiger partial charge in [-0.1, -0.05) is 30.3 Å². The third-order valence-corrected chi connectivity index (χ3v) is 2.65. The van der Waals surface area contributed by atoms with E-state index < -0.39 is 17.4 Å². The van der Waals surface area contributed by atoms with Gasteiger partial charge in [0, 0.05) is 18.5 Å². The van der Waals surface area contributed by atoms with Gasteiger partial charge in [0.2, 0.25) is 0 Å². The van der Waals surface area contributed by atoms with Crippen LogP contribution in [0.4, 0.5) is 0 Å². The van der Waals surface area contributed by atoms with Gasteiger partial charge in [0.25, 0.3) is 5.91 Å². The molecule has 2 rings (SSSR count). The van der Waals surface area contributed by atoms with Gasteiger partial charge in [-0.05, 0) is 5.56 Å². The van der Waals surface area contributed by atoms with E-state index >= 15 is 0 Å². The quantitative estimate of drug-likeness (QED) is 0.802. The minimum absolute atomic E-state index is 0.0229. The van der Waals surface area contributed by atoms with Gasteiger partial charge in [0.15, 0.2) is 5.43 Å². The fourth-order valence-corrected chi connectivity index (χ4v) is 1.67. The third-order valence-electron chi connectivity index (χ3n) is 2.65. The van der Waals surface area contributed by atoms with E-state index in [4.69, 9.17) is 0 Å². The second kappa shape index (κ2) is 5.77. The highest BCUT2D eigenvalue weighted by molar-refractivity contribution is 5.95. The molecule has 1 heterocycles. The molecule has 0 aliphatic heterocycles. The molecule has 19 heavy (non-hydrogen) atoms. The summed E-state index contributed by atoms with van der Waals surface area (Å²) in [6, 6.07) is 9.31. The standard InChI is InChI=1S/C14H12N2O3/c17-9-12(10-4-2-1-3-5-10)16-14(19)11-8-15-7-6-13(11)18/h1-9,12H,(H,15,18)(H,16,19). The monoisotopic (exact) mass is 256 g/mol. The highest BCUT2D eigenvalue weighted by Gasteiger charge is 2.16. The topological polar surface area (TPSA) is 79.0 Å². The average molecular weight is 256 g/mol. The SMILES string of the molecule is O=CC(NC(=O)c1c[nH]ccc1=O)c1ccccc1. The van der Waals surface area contributed by atoms with E-state index in [9.17, 15) is 14.4 Å². The summed E-state index contributed by atoms with van der Waals surface area (Å²) in [5.41, 5.74) is 0.248. The van der Waals surface area contributed by atoms with Crippen molar-refractivity contribution in [3.05, 3.63) is 70.1 Å². The van der Waals surface area contributed by atoms with Gasteiger partial charge in [-0.25, -0.2) is 0 Å². The van der Waals surface area contributed by atoms with Gasteiger partial charge in [-0.15, -0.1) is 0 Å². The van der Waals surface area contributed by atoms with Crippen molar-refractivity contribution in [1.29, 1.82) is 0 Å². The zero-order valence-electron chi connectivity index (χ0n) is 10.00. The molecule has 0 aliphatic rings. The van der Waals surface area contributed by atoms with E-state index in [-0.39, 0.29) is 5.56 Å². The van der Waals surface area contributed by atoms with Gasteiger partial charge >= 0.3 is 0 Å². The largest absolute Gasteiger partial charge is 0.367 e. The molecule has 1 unspecified atom stereocenters. The lowest BCUT2D eigenvalue weighted by atomic mass is 10.1. The Bertz CT molecular complexity index is 634. The van der Waals surface area contributed by atoms with Gasteiger partial charge in [-0.2, -0.15) is 0 Å². The maximum atomic E-state index is 11.9. The van der Waals surface area contributed by atoms with Gasteiger partial charge < -0.3 is 15.1 Å². The van der Waals surface area contributed by atoms with Crippen molar-refractivity contribution in [3.63, 3.8) is 0 Å². The molecule has 1 amide bonds. The lowest BCUT2D eigenvalue weighted by Gasteiger charge is -2.12. The van der Waals surface area contributed by atoms with Crippen LogP contribution in [0.3, 0.4) is 0 Å². The second-order valence-corrected chi connectivity index (χ2v) is 3.92. The first-order valence-electron chi connectivity index (χ1n) is 5.70. The zero-order chi connectivity index (χ0) is 13.7. The van der Waals surface area contributed by atoms with Crippen molar-refractivity contribution in [2.24, 2.45) is 0 Å². The van der Waals surface area contributed by atoms with Crippen molar-refractivity contribution in [1.82, 2.24) is 10.3 Å². The van der Waals surface area contributed by atoms with Crippen LogP contribution in [0.5, 0.6) is 0 Å². The van der Waals surface area contributed by atoms with E-state index in [0.29, 0.717) is 11.8 Å². The number of hydrogen-bond acceptors (Lipinski definition) is 3. The molecular weight excluding hydrogens is 244 g/mol. The first-order chi connectivity index (χ1) is 9.22.